The summed E-state index contributed by atoms with van der Waals surface area (Å²) in [5, 5.41) is 3.22. The minimum Gasteiger partial charge on any atom is -0.373 e. The Labute approximate surface area is 129 Å². The van der Waals surface area contributed by atoms with Crippen molar-refractivity contribution in [1.29, 1.82) is 0 Å². The molecule has 1 aromatic heterocycles. The quantitative estimate of drug-likeness (QED) is 0.863. The zero-order valence-electron chi connectivity index (χ0n) is 14.0. The number of hydrogen-bond acceptors (Lipinski definition) is 4. The van der Waals surface area contributed by atoms with Crippen molar-refractivity contribution in [3.05, 3.63) is 11.9 Å². The van der Waals surface area contributed by atoms with Crippen molar-refractivity contribution in [2.75, 3.05) is 24.3 Å². The molecule has 0 bridgehead atoms. The first-order chi connectivity index (χ1) is 10.2. The molecule has 0 atom stereocenters. The average molecular weight is 290 g/mol. The summed E-state index contributed by atoms with van der Waals surface area (Å²) >= 11 is 0. The van der Waals surface area contributed by atoms with Gasteiger partial charge in [-0.05, 0) is 38.0 Å². The lowest BCUT2D eigenvalue weighted by atomic mass is 9.84. The smallest absolute Gasteiger partial charge is 0.137 e. The van der Waals surface area contributed by atoms with Crippen molar-refractivity contribution in [2.24, 2.45) is 5.92 Å². The highest BCUT2D eigenvalue weighted by molar-refractivity contribution is 5.58. The van der Waals surface area contributed by atoms with Crippen LogP contribution in [0.2, 0.25) is 0 Å². The van der Waals surface area contributed by atoms with Gasteiger partial charge in [0.2, 0.25) is 0 Å². The van der Waals surface area contributed by atoms with E-state index in [4.69, 9.17) is 0 Å². The summed E-state index contributed by atoms with van der Waals surface area (Å²) in [4.78, 5) is 11.4. The molecule has 0 amide bonds. The van der Waals surface area contributed by atoms with E-state index < -0.39 is 0 Å². The van der Waals surface area contributed by atoms with E-state index in [0.29, 0.717) is 6.04 Å². The van der Waals surface area contributed by atoms with Gasteiger partial charge >= 0.3 is 0 Å². The summed E-state index contributed by atoms with van der Waals surface area (Å²) in [7, 11) is 4.15. The highest BCUT2D eigenvalue weighted by Gasteiger charge is 2.25. The molecule has 1 aliphatic carbocycles. The lowest BCUT2D eigenvalue weighted by Crippen LogP contribution is -2.36. The second kappa shape index (κ2) is 7.62. The molecule has 1 saturated carbocycles. The van der Waals surface area contributed by atoms with Gasteiger partial charge in [-0.3, -0.25) is 0 Å². The van der Waals surface area contributed by atoms with E-state index in [2.05, 4.69) is 41.1 Å². The van der Waals surface area contributed by atoms with Crippen LogP contribution in [-0.2, 0) is 6.42 Å². The van der Waals surface area contributed by atoms with Crippen molar-refractivity contribution in [3.8, 4) is 0 Å². The third-order valence-corrected chi connectivity index (χ3v) is 4.93. The highest BCUT2D eigenvalue weighted by Crippen LogP contribution is 2.33. The van der Waals surface area contributed by atoms with E-state index in [1.165, 1.54) is 37.7 Å². The predicted molar refractivity (Wildman–Crippen MR) is 90.0 cm³/mol. The van der Waals surface area contributed by atoms with Crippen molar-refractivity contribution >= 4 is 11.6 Å². The van der Waals surface area contributed by atoms with Crippen LogP contribution in [0.1, 0.15) is 57.9 Å². The Bertz CT molecular complexity index is 438. The topological polar surface area (TPSA) is 41.1 Å². The van der Waals surface area contributed by atoms with Gasteiger partial charge in [-0.25, -0.2) is 9.97 Å². The first-order valence-corrected chi connectivity index (χ1v) is 8.45. The summed E-state index contributed by atoms with van der Waals surface area (Å²) in [6.07, 6.45) is 10.5. The largest absolute Gasteiger partial charge is 0.373 e. The van der Waals surface area contributed by atoms with Gasteiger partial charge in [-0.15, -0.1) is 0 Å². The van der Waals surface area contributed by atoms with Gasteiger partial charge in [0, 0.05) is 25.7 Å². The van der Waals surface area contributed by atoms with Gasteiger partial charge in [-0.2, -0.15) is 0 Å². The summed E-state index contributed by atoms with van der Waals surface area (Å²) in [5.41, 5.74) is 1.27. The SMILES string of the molecule is CCCc1c(NC)ncnc1N(C)C1CCC(CC)CC1. The summed E-state index contributed by atoms with van der Waals surface area (Å²) < 4.78 is 0. The lowest BCUT2D eigenvalue weighted by Gasteiger charge is -2.36. The van der Waals surface area contributed by atoms with Crippen LogP contribution in [0.25, 0.3) is 0 Å². The van der Waals surface area contributed by atoms with E-state index in [1.54, 1.807) is 6.33 Å². The van der Waals surface area contributed by atoms with E-state index in [0.717, 1.165) is 30.4 Å². The van der Waals surface area contributed by atoms with E-state index in [9.17, 15) is 0 Å². The van der Waals surface area contributed by atoms with E-state index in [1.807, 2.05) is 7.05 Å². The molecule has 1 fully saturated rings. The number of nitrogens with one attached hydrogen (secondary N) is 1. The van der Waals surface area contributed by atoms with E-state index >= 15 is 0 Å². The van der Waals surface area contributed by atoms with Crippen LogP contribution in [0.3, 0.4) is 0 Å². The first kappa shape index (κ1) is 16.1. The number of rotatable bonds is 6. The van der Waals surface area contributed by atoms with Gasteiger partial charge in [0.15, 0.2) is 0 Å². The monoisotopic (exact) mass is 290 g/mol. The molecule has 0 saturated heterocycles. The summed E-state index contributed by atoms with van der Waals surface area (Å²) in [5.74, 6) is 3.04. The molecule has 21 heavy (non-hydrogen) atoms. The van der Waals surface area contributed by atoms with Crippen LogP contribution >= 0.6 is 0 Å². The molecule has 1 aliphatic rings. The minimum absolute atomic E-state index is 0.628. The fourth-order valence-corrected chi connectivity index (χ4v) is 3.52. The third kappa shape index (κ3) is 3.66. The van der Waals surface area contributed by atoms with Crippen molar-refractivity contribution in [3.63, 3.8) is 0 Å². The number of anilines is 2. The Morgan fingerprint density at radius 1 is 1.19 bits per heavy atom. The predicted octanol–water partition coefficient (Wildman–Crippen LogP) is 3.88. The first-order valence-electron chi connectivity index (χ1n) is 8.45. The van der Waals surface area contributed by atoms with Crippen LogP contribution in [-0.4, -0.2) is 30.1 Å². The molecule has 118 valence electrons. The second-order valence-electron chi connectivity index (χ2n) is 6.22. The second-order valence-corrected chi connectivity index (χ2v) is 6.22. The molecule has 4 nitrogen and oxygen atoms in total. The van der Waals surface area contributed by atoms with Crippen molar-refractivity contribution in [1.82, 2.24) is 9.97 Å². The molecular weight excluding hydrogens is 260 g/mol. The van der Waals surface area contributed by atoms with Crippen LogP contribution in [0, 0.1) is 5.92 Å². The van der Waals surface area contributed by atoms with Crippen LogP contribution in [0.5, 0.6) is 0 Å². The minimum atomic E-state index is 0.628. The molecule has 1 N–H and O–H groups in total. The number of hydrogen-bond donors (Lipinski definition) is 1. The maximum absolute atomic E-state index is 4.60. The zero-order valence-corrected chi connectivity index (χ0v) is 14.0. The summed E-state index contributed by atoms with van der Waals surface area (Å²) in [6.45, 7) is 4.53. The molecular formula is C17H30N4. The molecule has 0 spiro atoms. The van der Waals surface area contributed by atoms with Crippen LogP contribution in [0.4, 0.5) is 11.6 Å². The molecule has 0 aliphatic heterocycles. The van der Waals surface area contributed by atoms with Crippen LogP contribution < -0.4 is 10.2 Å². The van der Waals surface area contributed by atoms with Crippen molar-refractivity contribution < 1.29 is 0 Å². The third-order valence-electron chi connectivity index (χ3n) is 4.93. The fraction of sp³-hybridized carbons (Fsp3) is 0.765. The number of nitrogens with zero attached hydrogens (tertiary/aromatic N) is 3. The summed E-state index contributed by atoms with van der Waals surface area (Å²) in [6, 6.07) is 0.628. The maximum Gasteiger partial charge on any atom is 0.137 e. The normalized spacial score (nSPS) is 22.1. The highest BCUT2D eigenvalue weighted by atomic mass is 15.2. The molecule has 0 aromatic carbocycles. The molecule has 4 heteroatoms. The molecule has 2 rings (SSSR count). The standard InChI is InChI=1S/C17H30N4/c1-5-7-15-16(18-3)19-12-20-17(15)21(4)14-10-8-13(6-2)9-11-14/h12-14H,5-11H2,1-4H3,(H,18,19,20). The lowest BCUT2D eigenvalue weighted by molar-refractivity contribution is 0.312. The van der Waals surface area contributed by atoms with Gasteiger partial charge in [0.05, 0.1) is 0 Å². The van der Waals surface area contributed by atoms with Crippen molar-refractivity contribution in [2.45, 2.75) is 64.8 Å². The average Bonchev–Trinajstić information content (AvgIpc) is 2.54. The fourth-order valence-electron chi connectivity index (χ4n) is 3.52. The Balaban J connectivity index is 2.17. The molecule has 0 radical (unpaired) electrons. The zero-order chi connectivity index (χ0) is 15.2. The Morgan fingerprint density at radius 3 is 2.48 bits per heavy atom. The van der Waals surface area contributed by atoms with Crippen LogP contribution in [0.15, 0.2) is 6.33 Å². The van der Waals surface area contributed by atoms with Gasteiger partial charge in [-0.1, -0.05) is 26.7 Å². The Hall–Kier alpha value is -1.32. The maximum atomic E-state index is 4.60. The van der Waals surface area contributed by atoms with E-state index in [-0.39, 0.29) is 0 Å². The molecule has 1 aromatic rings. The van der Waals surface area contributed by atoms with Gasteiger partial charge < -0.3 is 10.2 Å². The Morgan fingerprint density at radius 2 is 1.90 bits per heavy atom. The molecule has 1 heterocycles. The van der Waals surface area contributed by atoms with Gasteiger partial charge in [0.25, 0.3) is 0 Å². The molecule has 0 unspecified atom stereocenters. The van der Waals surface area contributed by atoms with Gasteiger partial charge in [0.1, 0.15) is 18.0 Å². The number of aromatic nitrogens is 2. The Kier molecular flexibility index (Phi) is 5.83.